The Morgan fingerprint density at radius 2 is 1.61 bits per heavy atom. The first kappa shape index (κ1) is 14.0. The van der Waals surface area contributed by atoms with Gasteiger partial charge >= 0.3 is 0 Å². The van der Waals surface area contributed by atoms with Crippen LogP contribution in [0.15, 0.2) is 0 Å². The first-order valence-electron chi connectivity index (χ1n) is 7.15. The normalized spacial score (nSPS) is 40.3. The molecule has 1 heterocycles. The molecule has 0 aromatic carbocycles. The van der Waals surface area contributed by atoms with Crippen LogP contribution in [0.5, 0.6) is 0 Å². The van der Waals surface area contributed by atoms with Crippen LogP contribution in [0.4, 0.5) is 0 Å². The van der Waals surface area contributed by atoms with E-state index in [0.717, 1.165) is 25.7 Å². The highest BCUT2D eigenvalue weighted by Gasteiger charge is 2.40. The maximum absolute atomic E-state index is 12.5. The average molecular weight is 272 g/mol. The topological polar surface area (TPSA) is 51.2 Å². The summed E-state index contributed by atoms with van der Waals surface area (Å²) in [6.07, 6.45) is 5.10. The molecule has 1 aliphatic heterocycles. The first-order valence-corrected chi connectivity index (χ1v) is 8.87. The fraction of sp³-hybridized carbons (Fsp3) is 0.929. The zero-order valence-corrected chi connectivity index (χ0v) is 12.2. The number of ketones is 1. The van der Waals surface area contributed by atoms with Gasteiger partial charge in [0.2, 0.25) is 0 Å². The SMILES string of the molecule is CC1CC(C)CC(C(=O)C2CCCCS2(=O)=O)C1. The highest BCUT2D eigenvalue weighted by molar-refractivity contribution is 7.92. The lowest BCUT2D eigenvalue weighted by molar-refractivity contribution is -0.124. The summed E-state index contributed by atoms with van der Waals surface area (Å²) < 4.78 is 24.0. The second-order valence-corrected chi connectivity index (χ2v) is 8.67. The van der Waals surface area contributed by atoms with Crippen molar-refractivity contribution < 1.29 is 13.2 Å². The second kappa shape index (κ2) is 5.32. The van der Waals surface area contributed by atoms with E-state index in [2.05, 4.69) is 13.8 Å². The summed E-state index contributed by atoms with van der Waals surface area (Å²) >= 11 is 0. The van der Waals surface area contributed by atoms with E-state index in [1.54, 1.807) is 0 Å². The summed E-state index contributed by atoms with van der Waals surface area (Å²) in [6.45, 7) is 4.34. The molecule has 0 amide bonds. The molecule has 0 radical (unpaired) electrons. The van der Waals surface area contributed by atoms with Crippen LogP contribution < -0.4 is 0 Å². The molecule has 0 aromatic rings. The van der Waals surface area contributed by atoms with Crippen molar-refractivity contribution in [3.05, 3.63) is 0 Å². The minimum Gasteiger partial charge on any atom is -0.298 e. The standard InChI is InChI=1S/C14H24O3S/c1-10-7-11(2)9-12(8-10)14(15)13-5-3-4-6-18(13,16)17/h10-13H,3-9H2,1-2H3. The molecule has 0 bridgehead atoms. The van der Waals surface area contributed by atoms with Gasteiger partial charge in [0.1, 0.15) is 5.25 Å². The number of carbonyl (C=O) groups excluding carboxylic acids is 1. The molecule has 104 valence electrons. The monoisotopic (exact) mass is 272 g/mol. The van der Waals surface area contributed by atoms with Gasteiger partial charge in [-0.25, -0.2) is 8.42 Å². The average Bonchev–Trinajstić information content (AvgIpc) is 2.26. The summed E-state index contributed by atoms with van der Waals surface area (Å²) in [7, 11) is -3.16. The Morgan fingerprint density at radius 1 is 1.00 bits per heavy atom. The maximum Gasteiger partial charge on any atom is 0.160 e. The molecular formula is C14H24O3S. The van der Waals surface area contributed by atoms with Gasteiger partial charge in [0.05, 0.1) is 5.75 Å². The van der Waals surface area contributed by atoms with Gasteiger partial charge in [-0.1, -0.05) is 20.3 Å². The number of carbonyl (C=O) groups is 1. The van der Waals surface area contributed by atoms with Crippen LogP contribution in [0.3, 0.4) is 0 Å². The molecule has 0 aromatic heterocycles. The number of rotatable bonds is 2. The first-order chi connectivity index (χ1) is 8.40. The van der Waals surface area contributed by atoms with Crippen LogP contribution in [-0.4, -0.2) is 25.2 Å². The highest BCUT2D eigenvalue weighted by atomic mass is 32.2. The molecule has 2 rings (SSSR count). The van der Waals surface area contributed by atoms with Gasteiger partial charge < -0.3 is 0 Å². The van der Waals surface area contributed by atoms with Crippen LogP contribution in [0.2, 0.25) is 0 Å². The molecule has 18 heavy (non-hydrogen) atoms. The molecular weight excluding hydrogens is 248 g/mol. The third-order valence-corrected chi connectivity index (χ3v) is 6.67. The number of hydrogen-bond acceptors (Lipinski definition) is 3. The Morgan fingerprint density at radius 3 is 2.17 bits per heavy atom. The molecule has 4 heteroatoms. The smallest absolute Gasteiger partial charge is 0.160 e. The Balaban J connectivity index is 2.10. The Hall–Kier alpha value is -0.380. The van der Waals surface area contributed by atoms with Crippen LogP contribution in [0, 0.1) is 17.8 Å². The van der Waals surface area contributed by atoms with Crippen molar-refractivity contribution in [3.63, 3.8) is 0 Å². The summed E-state index contributed by atoms with van der Waals surface area (Å²) in [5.74, 6) is 1.32. The summed E-state index contributed by atoms with van der Waals surface area (Å²) in [6, 6.07) is 0. The van der Waals surface area contributed by atoms with Gasteiger partial charge in [0.15, 0.2) is 15.6 Å². The van der Waals surface area contributed by atoms with Gasteiger partial charge in [-0.2, -0.15) is 0 Å². The molecule has 2 fully saturated rings. The quantitative estimate of drug-likeness (QED) is 0.776. The molecule has 0 spiro atoms. The fourth-order valence-corrected chi connectivity index (χ4v) is 5.68. The van der Waals surface area contributed by atoms with E-state index in [4.69, 9.17) is 0 Å². The van der Waals surface area contributed by atoms with E-state index >= 15 is 0 Å². The van der Waals surface area contributed by atoms with E-state index in [0.29, 0.717) is 18.3 Å². The summed E-state index contributed by atoms with van der Waals surface area (Å²) in [4.78, 5) is 12.5. The minimum absolute atomic E-state index is 0.0124. The molecule has 3 nitrogen and oxygen atoms in total. The summed E-state index contributed by atoms with van der Waals surface area (Å²) in [5.41, 5.74) is 0. The lowest BCUT2D eigenvalue weighted by Gasteiger charge is -2.33. The van der Waals surface area contributed by atoms with Crippen molar-refractivity contribution in [3.8, 4) is 0 Å². The van der Waals surface area contributed by atoms with Crippen molar-refractivity contribution in [1.29, 1.82) is 0 Å². The molecule has 1 saturated carbocycles. The van der Waals surface area contributed by atoms with Gasteiger partial charge in [-0.05, 0) is 43.9 Å². The molecule has 3 atom stereocenters. The Bertz CT molecular complexity index is 403. The third kappa shape index (κ3) is 2.95. The van der Waals surface area contributed by atoms with Crippen molar-refractivity contribution in [2.24, 2.45) is 17.8 Å². The van der Waals surface area contributed by atoms with Crippen molar-refractivity contribution >= 4 is 15.6 Å². The zero-order chi connectivity index (χ0) is 13.3. The van der Waals surface area contributed by atoms with Crippen molar-refractivity contribution in [2.75, 3.05) is 5.75 Å². The van der Waals surface area contributed by atoms with E-state index in [1.807, 2.05) is 0 Å². The van der Waals surface area contributed by atoms with Crippen molar-refractivity contribution in [2.45, 2.75) is 57.6 Å². The highest BCUT2D eigenvalue weighted by Crippen LogP contribution is 2.36. The van der Waals surface area contributed by atoms with Crippen molar-refractivity contribution in [1.82, 2.24) is 0 Å². The number of sulfone groups is 1. The van der Waals surface area contributed by atoms with E-state index in [9.17, 15) is 13.2 Å². The van der Waals surface area contributed by atoms with E-state index in [-0.39, 0.29) is 17.5 Å². The largest absolute Gasteiger partial charge is 0.298 e. The van der Waals surface area contributed by atoms with E-state index < -0.39 is 15.1 Å². The lowest BCUT2D eigenvalue weighted by Crippen LogP contribution is -2.41. The third-order valence-electron chi connectivity index (χ3n) is 4.48. The van der Waals surface area contributed by atoms with Gasteiger partial charge in [-0.15, -0.1) is 0 Å². The predicted octanol–water partition coefficient (Wildman–Crippen LogP) is 2.60. The second-order valence-electron chi connectivity index (χ2n) is 6.37. The van der Waals surface area contributed by atoms with Gasteiger partial charge in [0, 0.05) is 5.92 Å². The number of Topliss-reactive ketones (excluding diaryl/α,β-unsaturated/α-hetero) is 1. The lowest BCUT2D eigenvalue weighted by atomic mass is 9.74. The van der Waals surface area contributed by atoms with Crippen LogP contribution in [-0.2, 0) is 14.6 Å². The van der Waals surface area contributed by atoms with E-state index in [1.165, 1.54) is 6.42 Å². The molecule has 2 aliphatic rings. The fourth-order valence-electron chi connectivity index (χ4n) is 3.72. The number of hydrogen-bond donors (Lipinski definition) is 0. The molecule has 3 unspecified atom stereocenters. The predicted molar refractivity (Wildman–Crippen MR) is 72.1 cm³/mol. The van der Waals surface area contributed by atoms with Gasteiger partial charge in [-0.3, -0.25) is 4.79 Å². The zero-order valence-electron chi connectivity index (χ0n) is 11.4. The minimum atomic E-state index is -3.16. The Kier molecular flexibility index (Phi) is 4.15. The van der Waals surface area contributed by atoms with Crippen LogP contribution in [0.1, 0.15) is 52.4 Å². The van der Waals surface area contributed by atoms with Gasteiger partial charge in [0.25, 0.3) is 0 Å². The molecule has 0 N–H and O–H groups in total. The maximum atomic E-state index is 12.5. The van der Waals surface area contributed by atoms with Crippen LogP contribution >= 0.6 is 0 Å². The molecule has 1 saturated heterocycles. The molecule has 1 aliphatic carbocycles. The Labute approximate surface area is 110 Å². The van der Waals surface area contributed by atoms with Crippen LogP contribution in [0.25, 0.3) is 0 Å². The summed E-state index contributed by atoms with van der Waals surface area (Å²) in [5, 5.41) is -0.686.